The van der Waals surface area contributed by atoms with Gasteiger partial charge in [0, 0.05) is 36.0 Å². The smallest absolute Gasteiger partial charge is 0.175 e. The largest absolute Gasteiger partial charge is 0.462 e. The van der Waals surface area contributed by atoms with Crippen LogP contribution >= 0.6 is 23.2 Å². The van der Waals surface area contributed by atoms with Gasteiger partial charge in [0.25, 0.3) is 0 Å². The van der Waals surface area contributed by atoms with Crippen molar-refractivity contribution in [3.05, 3.63) is 148 Å². The molecule has 0 fully saturated rings. The number of halogens is 2. The third-order valence-corrected chi connectivity index (χ3v) is 9.85. The Hall–Kier alpha value is -3.84. The molecule has 0 saturated carbocycles. The van der Waals surface area contributed by atoms with Gasteiger partial charge in [0.05, 0.1) is 15.6 Å². The van der Waals surface area contributed by atoms with Crippen molar-refractivity contribution < 1.29 is 13.2 Å². The summed E-state index contributed by atoms with van der Waals surface area (Å²) in [7, 11) is -3.26. The van der Waals surface area contributed by atoms with Crippen molar-refractivity contribution in [2.75, 3.05) is 6.26 Å². The average Bonchev–Trinajstić information content (AvgIpc) is 3.27. The minimum atomic E-state index is -3.26. The van der Waals surface area contributed by atoms with Gasteiger partial charge in [0.2, 0.25) is 0 Å². The lowest BCUT2D eigenvalue weighted by Gasteiger charge is -2.13. The number of rotatable bonds is 13. The van der Waals surface area contributed by atoms with Crippen LogP contribution in [0.1, 0.15) is 52.8 Å². The molecule has 0 saturated heterocycles. The number of benzene rings is 2. The normalized spacial score (nSPS) is 16.5. The number of imidazole rings is 1. The highest BCUT2D eigenvalue weighted by Gasteiger charge is 2.17. The first-order valence-electron chi connectivity index (χ1n) is 16.1. The Morgan fingerprint density at radius 2 is 1.77 bits per heavy atom. The van der Waals surface area contributed by atoms with E-state index in [0.29, 0.717) is 27.5 Å². The lowest BCUT2D eigenvalue weighted by Crippen LogP contribution is -2.09. The minimum Gasteiger partial charge on any atom is -0.462 e. The van der Waals surface area contributed by atoms with E-state index in [1.165, 1.54) is 17.4 Å². The maximum absolute atomic E-state index is 11.7. The molecule has 0 amide bonds. The third kappa shape index (κ3) is 10.6. The summed E-state index contributed by atoms with van der Waals surface area (Å²) in [5.74, 6) is 2.55. The summed E-state index contributed by atoms with van der Waals surface area (Å²) < 4.78 is 31.6. The number of aromatic nitrogens is 2. The predicted molar refractivity (Wildman–Crippen MR) is 201 cm³/mol. The highest BCUT2D eigenvalue weighted by atomic mass is 35.5. The molecule has 2 aromatic carbocycles. The topological polar surface area (TPSA) is 61.2 Å². The van der Waals surface area contributed by atoms with Crippen LogP contribution in [0.15, 0.2) is 137 Å². The van der Waals surface area contributed by atoms with Crippen molar-refractivity contribution in [2.45, 2.75) is 64.8 Å². The van der Waals surface area contributed by atoms with E-state index < -0.39 is 9.84 Å². The predicted octanol–water partition coefficient (Wildman–Crippen LogP) is 11.1. The van der Waals surface area contributed by atoms with Crippen LogP contribution in [0.3, 0.4) is 0 Å². The van der Waals surface area contributed by atoms with E-state index in [9.17, 15) is 8.42 Å². The number of hydrogen-bond donors (Lipinski definition) is 0. The molecule has 1 aliphatic carbocycles. The lowest BCUT2D eigenvalue weighted by atomic mass is 9.99. The summed E-state index contributed by atoms with van der Waals surface area (Å²) in [6.07, 6.45) is 23.8. The Morgan fingerprint density at radius 3 is 2.44 bits per heavy atom. The van der Waals surface area contributed by atoms with Gasteiger partial charge in [-0.1, -0.05) is 90.4 Å². The highest BCUT2D eigenvalue weighted by molar-refractivity contribution is 7.90. The zero-order chi connectivity index (χ0) is 34.8. The van der Waals surface area contributed by atoms with Gasteiger partial charge < -0.3 is 9.30 Å². The zero-order valence-corrected chi connectivity index (χ0v) is 30.7. The van der Waals surface area contributed by atoms with Crippen LogP contribution in [0.4, 0.5) is 0 Å². The Kier molecular flexibility index (Phi) is 13.1. The van der Waals surface area contributed by atoms with E-state index >= 15 is 0 Å². The van der Waals surface area contributed by atoms with Crippen molar-refractivity contribution in [3.63, 3.8) is 0 Å². The number of sulfone groups is 1. The maximum Gasteiger partial charge on any atom is 0.175 e. The third-order valence-electron chi connectivity index (χ3n) is 8.17. The first kappa shape index (κ1) is 37.0. The van der Waals surface area contributed by atoms with Crippen LogP contribution in [0.25, 0.3) is 11.3 Å². The molecule has 0 radical (unpaired) electrons. The van der Waals surface area contributed by atoms with Gasteiger partial charge >= 0.3 is 0 Å². The number of nitrogens with zero attached hydrogens (tertiary/aromatic N) is 2. The summed E-state index contributed by atoms with van der Waals surface area (Å²) in [6, 6.07) is 11.9. The monoisotopic (exact) mass is 702 g/mol. The zero-order valence-electron chi connectivity index (χ0n) is 28.3. The van der Waals surface area contributed by atoms with Crippen LogP contribution in [-0.4, -0.2) is 24.2 Å². The van der Waals surface area contributed by atoms with Gasteiger partial charge in [-0.15, -0.1) is 0 Å². The van der Waals surface area contributed by atoms with Gasteiger partial charge in [-0.2, -0.15) is 0 Å². The molecule has 0 spiro atoms. The van der Waals surface area contributed by atoms with Crippen molar-refractivity contribution in [1.29, 1.82) is 0 Å². The van der Waals surface area contributed by atoms with E-state index in [1.807, 2.05) is 37.3 Å². The Balaban J connectivity index is 1.52. The summed E-state index contributed by atoms with van der Waals surface area (Å²) in [5.41, 5.74) is 6.37. The molecular formula is C40H44Cl2N2O3S. The second-order valence-corrected chi connectivity index (χ2v) is 15.0. The highest BCUT2D eigenvalue weighted by Crippen LogP contribution is 2.32. The first-order valence-corrected chi connectivity index (χ1v) is 18.7. The first-order chi connectivity index (χ1) is 22.9. The molecule has 1 unspecified atom stereocenters. The standard InChI is InChI=1S/C40H44Cl2N2O3S/c1-7-28(3)12-13-29(4)26-44-27-39(37-23-18-34(41)25-38(37)42)43-40(44)24-31-10-9-11-33(17-15-31)32(8-2)16-14-30(5)47-35-19-21-36(22-20-35)48(6,45)46/h8,11-23,25,27,31H,2,7,9-10,24,26H2,1,3-6H3/b28-12-,29-13+,30-14+,32-16+. The fraction of sp³-hybridized carbons (Fsp3) is 0.275. The van der Waals surface area contributed by atoms with Crippen LogP contribution in [0.5, 0.6) is 5.75 Å². The SMILES string of the molecule is C=C/C(=C\C=C(/C)Oc1ccc(S(C)(=O)=O)cc1)C1=CCCC(Cc2nc(-c3ccc(Cl)cc3Cl)cn2C/C(C)=C/C=C(/C)CC)C=C1. The minimum absolute atomic E-state index is 0.257. The molecule has 3 aromatic rings. The summed E-state index contributed by atoms with van der Waals surface area (Å²) >= 11 is 12.8. The Labute approximate surface area is 296 Å². The Morgan fingerprint density at radius 1 is 1.04 bits per heavy atom. The van der Waals surface area contributed by atoms with Crippen LogP contribution in [0.2, 0.25) is 10.0 Å². The van der Waals surface area contributed by atoms with Crippen LogP contribution < -0.4 is 4.74 Å². The van der Waals surface area contributed by atoms with Gasteiger partial charge in [0.1, 0.15) is 17.3 Å². The summed E-state index contributed by atoms with van der Waals surface area (Å²) in [4.78, 5) is 5.35. The van der Waals surface area contributed by atoms with Crippen molar-refractivity contribution in [1.82, 2.24) is 9.55 Å². The van der Waals surface area contributed by atoms with E-state index in [0.717, 1.165) is 60.5 Å². The number of allylic oxidation sites excluding steroid dienone is 13. The summed E-state index contributed by atoms with van der Waals surface area (Å²) in [6.45, 7) is 13.1. The fourth-order valence-electron chi connectivity index (χ4n) is 5.24. The maximum atomic E-state index is 11.7. The second kappa shape index (κ2) is 17.0. The van der Waals surface area contributed by atoms with Gasteiger partial charge in [-0.25, -0.2) is 13.4 Å². The summed E-state index contributed by atoms with van der Waals surface area (Å²) in [5, 5.41) is 1.18. The van der Waals surface area contributed by atoms with E-state index in [-0.39, 0.29) is 4.90 Å². The molecule has 252 valence electrons. The van der Waals surface area contributed by atoms with E-state index in [2.05, 4.69) is 68.5 Å². The molecule has 48 heavy (non-hydrogen) atoms. The molecule has 1 aliphatic rings. The Bertz CT molecular complexity index is 1920. The molecular weight excluding hydrogens is 659 g/mol. The van der Waals surface area contributed by atoms with Crippen molar-refractivity contribution in [3.8, 4) is 17.0 Å². The molecule has 0 bridgehead atoms. The number of ether oxygens (including phenoxy) is 1. The average molecular weight is 704 g/mol. The lowest BCUT2D eigenvalue weighted by molar-refractivity contribution is 0.427. The molecule has 4 rings (SSSR count). The quantitative estimate of drug-likeness (QED) is 0.131. The molecule has 1 heterocycles. The van der Waals surface area contributed by atoms with Crippen molar-refractivity contribution >= 4 is 33.0 Å². The van der Waals surface area contributed by atoms with Gasteiger partial charge in [-0.05, 0) is 106 Å². The number of hydrogen-bond acceptors (Lipinski definition) is 4. The van der Waals surface area contributed by atoms with Gasteiger partial charge in [0.15, 0.2) is 9.84 Å². The molecule has 5 nitrogen and oxygen atoms in total. The van der Waals surface area contributed by atoms with Crippen LogP contribution in [-0.2, 0) is 22.8 Å². The second-order valence-electron chi connectivity index (χ2n) is 12.2. The fourth-order valence-corrected chi connectivity index (χ4v) is 6.38. The van der Waals surface area contributed by atoms with Gasteiger partial charge in [-0.3, -0.25) is 0 Å². The van der Waals surface area contributed by atoms with E-state index in [4.69, 9.17) is 32.9 Å². The molecule has 0 aliphatic heterocycles. The van der Waals surface area contributed by atoms with Crippen LogP contribution in [0, 0.1) is 5.92 Å². The van der Waals surface area contributed by atoms with Crippen molar-refractivity contribution in [2.24, 2.45) is 5.92 Å². The molecule has 1 aromatic heterocycles. The van der Waals surface area contributed by atoms with E-state index in [1.54, 1.807) is 30.3 Å². The molecule has 8 heteroatoms. The molecule has 1 atom stereocenters. The molecule has 0 N–H and O–H groups in total.